The van der Waals surface area contributed by atoms with Gasteiger partial charge in [-0.05, 0) is 83.7 Å². The third-order valence-corrected chi connectivity index (χ3v) is 7.95. The van der Waals surface area contributed by atoms with Crippen LogP contribution in [0.4, 0.5) is 5.82 Å². The number of anilines is 1. The van der Waals surface area contributed by atoms with Crippen LogP contribution in [-0.2, 0) is 9.53 Å². The maximum Gasteiger partial charge on any atom is 0.306 e. The van der Waals surface area contributed by atoms with Gasteiger partial charge in [-0.15, -0.1) is 0 Å². The molecule has 0 saturated carbocycles. The number of ether oxygens (including phenoxy) is 1. The molecule has 4 aromatic rings. The Bertz CT molecular complexity index is 1620. The number of carbonyl (C=O) groups is 2. The Morgan fingerprint density at radius 2 is 1.95 bits per heavy atom. The van der Waals surface area contributed by atoms with E-state index in [9.17, 15) is 9.59 Å². The van der Waals surface area contributed by atoms with Gasteiger partial charge in [0.1, 0.15) is 23.6 Å². The standard InChI is InChI=1S/C31H36Cl2N6O3/c1-18(28-37-24-12-11-19(32)14-26(24)38-28)36-29-22-15-23(33)21(16-25(22)34-17-35-29)30(41)39-13-7-9-20(39)8-5-6-10-27(40)42-31(2,3)4/h11-12,14-18,20H,5-10,13H2,1-4H3,(H,37,38)(H,34,35,36)/t18-,20+/m0/s1. The number of nitrogens with zero attached hydrogens (tertiary/aromatic N) is 4. The van der Waals surface area contributed by atoms with Crippen molar-refractivity contribution in [1.82, 2.24) is 24.8 Å². The monoisotopic (exact) mass is 610 g/mol. The minimum atomic E-state index is -0.478. The highest BCUT2D eigenvalue weighted by Gasteiger charge is 2.30. The van der Waals surface area contributed by atoms with Crippen molar-refractivity contribution >= 4 is 62.8 Å². The zero-order valence-electron chi connectivity index (χ0n) is 24.3. The number of rotatable bonds is 9. The Labute approximate surface area is 255 Å². The Hall–Kier alpha value is -3.43. The number of aromatic nitrogens is 4. The molecule has 1 aliphatic heterocycles. The molecular formula is C31H36Cl2N6O3. The van der Waals surface area contributed by atoms with Crippen LogP contribution in [0.5, 0.6) is 0 Å². The molecule has 2 aromatic heterocycles. The van der Waals surface area contributed by atoms with Gasteiger partial charge in [0, 0.05) is 29.4 Å². The summed E-state index contributed by atoms with van der Waals surface area (Å²) in [5.74, 6) is 1.05. The number of likely N-dealkylation sites (tertiary alicyclic amines) is 1. The molecular weight excluding hydrogens is 575 g/mol. The molecule has 0 bridgehead atoms. The van der Waals surface area contributed by atoms with Crippen LogP contribution in [-0.4, -0.2) is 54.9 Å². The van der Waals surface area contributed by atoms with Crippen molar-refractivity contribution in [3.8, 4) is 0 Å². The summed E-state index contributed by atoms with van der Waals surface area (Å²) < 4.78 is 5.40. The molecule has 1 amide bonds. The van der Waals surface area contributed by atoms with Crippen LogP contribution in [0.2, 0.25) is 10.0 Å². The minimum absolute atomic E-state index is 0.0982. The van der Waals surface area contributed by atoms with Gasteiger partial charge in [-0.3, -0.25) is 9.59 Å². The van der Waals surface area contributed by atoms with Gasteiger partial charge in [0.25, 0.3) is 5.91 Å². The number of imidazole rings is 1. The third-order valence-electron chi connectivity index (χ3n) is 7.41. The van der Waals surface area contributed by atoms with Crippen LogP contribution in [0, 0.1) is 0 Å². The maximum absolute atomic E-state index is 13.7. The van der Waals surface area contributed by atoms with Gasteiger partial charge < -0.3 is 19.9 Å². The fourth-order valence-corrected chi connectivity index (χ4v) is 5.85. The van der Waals surface area contributed by atoms with Crippen LogP contribution in [0.25, 0.3) is 21.9 Å². The highest BCUT2D eigenvalue weighted by atomic mass is 35.5. The van der Waals surface area contributed by atoms with E-state index in [1.165, 1.54) is 6.33 Å². The van der Waals surface area contributed by atoms with E-state index in [0.29, 0.717) is 45.3 Å². The summed E-state index contributed by atoms with van der Waals surface area (Å²) in [4.78, 5) is 44.5. The molecule has 2 atom stereocenters. The van der Waals surface area contributed by atoms with Crippen molar-refractivity contribution in [2.45, 2.75) is 83.9 Å². The predicted molar refractivity (Wildman–Crippen MR) is 166 cm³/mol. The van der Waals surface area contributed by atoms with Gasteiger partial charge in [-0.25, -0.2) is 15.0 Å². The van der Waals surface area contributed by atoms with Crippen molar-refractivity contribution < 1.29 is 14.3 Å². The van der Waals surface area contributed by atoms with E-state index in [4.69, 9.17) is 27.9 Å². The Kier molecular flexibility index (Phi) is 8.89. The quantitative estimate of drug-likeness (QED) is 0.149. The number of hydrogen-bond acceptors (Lipinski definition) is 7. The fraction of sp³-hybridized carbons (Fsp3) is 0.452. The summed E-state index contributed by atoms with van der Waals surface area (Å²) in [6.07, 6.45) is 6.15. The summed E-state index contributed by atoms with van der Waals surface area (Å²) in [5, 5.41) is 5.10. The summed E-state index contributed by atoms with van der Waals surface area (Å²) in [5.41, 5.74) is 2.25. The number of nitrogens with one attached hydrogen (secondary N) is 2. The SMILES string of the molecule is C[C@H](Nc1ncnc2cc(C(=O)N3CCC[C@H]3CCCCC(=O)OC(C)(C)C)c(Cl)cc12)c1nc2ccc(Cl)cc2[nH]1. The van der Waals surface area contributed by atoms with E-state index in [0.717, 1.165) is 49.0 Å². The molecule has 9 nitrogen and oxygen atoms in total. The first-order valence-electron chi connectivity index (χ1n) is 14.4. The Morgan fingerprint density at radius 3 is 2.74 bits per heavy atom. The van der Waals surface area contributed by atoms with Gasteiger partial charge in [0.15, 0.2) is 0 Å². The van der Waals surface area contributed by atoms with E-state index < -0.39 is 5.60 Å². The summed E-state index contributed by atoms with van der Waals surface area (Å²) in [7, 11) is 0. The molecule has 3 heterocycles. The molecule has 1 fully saturated rings. The summed E-state index contributed by atoms with van der Waals surface area (Å²) in [6, 6.07) is 8.94. The molecule has 1 aliphatic rings. The zero-order valence-corrected chi connectivity index (χ0v) is 25.8. The molecule has 0 spiro atoms. The number of hydrogen-bond donors (Lipinski definition) is 2. The lowest BCUT2D eigenvalue weighted by atomic mass is 10.0. The highest BCUT2D eigenvalue weighted by Crippen LogP contribution is 2.32. The van der Waals surface area contributed by atoms with Gasteiger partial charge >= 0.3 is 5.97 Å². The predicted octanol–water partition coefficient (Wildman–Crippen LogP) is 7.49. The van der Waals surface area contributed by atoms with Gasteiger partial charge in [0.05, 0.1) is 33.2 Å². The minimum Gasteiger partial charge on any atom is -0.460 e. The van der Waals surface area contributed by atoms with Crippen LogP contribution in [0.1, 0.15) is 88.4 Å². The largest absolute Gasteiger partial charge is 0.460 e. The van der Waals surface area contributed by atoms with E-state index in [-0.39, 0.29) is 24.0 Å². The van der Waals surface area contributed by atoms with Crippen LogP contribution in [0.15, 0.2) is 36.7 Å². The second-order valence-electron chi connectivity index (χ2n) is 11.8. The Morgan fingerprint density at radius 1 is 1.14 bits per heavy atom. The van der Waals surface area contributed by atoms with E-state index in [1.807, 2.05) is 50.8 Å². The second-order valence-corrected chi connectivity index (χ2v) is 12.7. The zero-order chi connectivity index (χ0) is 30.0. The number of amides is 1. The van der Waals surface area contributed by atoms with E-state index in [2.05, 4.69) is 25.3 Å². The molecule has 0 unspecified atom stereocenters. The molecule has 5 rings (SSSR count). The number of carbonyl (C=O) groups excluding carboxylic acids is 2. The summed E-state index contributed by atoms with van der Waals surface area (Å²) >= 11 is 12.8. The van der Waals surface area contributed by atoms with E-state index in [1.54, 1.807) is 12.1 Å². The third kappa shape index (κ3) is 6.95. The summed E-state index contributed by atoms with van der Waals surface area (Å²) in [6.45, 7) is 8.27. The second kappa shape index (κ2) is 12.4. The molecule has 2 N–H and O–H groups in total. The molecule has 0 radical (unpaired) electrons. The topological polar surface area (TPSA) is 113 Å². The number of halogens is 2. The van der Waals surface area contributed by atoms with Crippen LogP contribution in [0.3, 0.4) is 0 Å². The molecule has 11 heteroatoms. The van der Waals surface area contributed by atoms with Crippen molar-refractivity contribution in [1.29, 1.82) is 0 Å². The van der Waals surface area contributed by atoms with Gasteiger partial charge in [-0.2, -0.15) is 0 Å². The van der Waals surface area contributed by atoms with Gasteiger partial charge in [0.2, 0.25) is 0 Å². The maximum atomic E-state index is 13.7. The van der Waals surface area contributed by atoms with Gasteiger partial charge in [-0.1, -0.05) is 29.6 Å². The molecule has 0 aliphatic carbocycles. The van der Waals surface area contributed by atoms with Crippen molar-refractivity contribution in [2.24, 2.45) is 0 Å². The van der Waals surface area contributed by atoms with Crippen molar-refractivity contribution in [3.05, 3.63) is 58.1 Å². The van der Waals surface area contributed by atoms with E-state index >= 15 is 0 Å². The average Bonchev–Trinajstić information content (AvgIpc) is 3.57. The lowest BCUT2D eigenvalue weighted by Gasteiger charge is -2.25. The van der Waals surface area contributed by atoms with Crippen LogP contribution < -0.4 is 5.32 Å². The first kappa shape index (κ1) is 30.0. The first-order valence-corrected chi connectivity index (χ1v) is 15.1. The lowest BCUT2D eigenvalue weighted by molar-refractivity contribution is -0.154. The number of aromatic amines is 1. The lowest BCUT2D eigenvalue weighted by Crippen LogP contribution is -2.35. The number of H-pyrrole nitrogens is 1. The molecule has 42 heavy (non-hydrogen) atoms. The fourth-order valence-electron chi connectivity index (χ4n) is 5.44. The number of benzene rings is 2. The van der Waals surface area contributed by atoms with Crippen molar-refractivity contribution in [3.63, 3.8) is 0 Å². The normalized spacial score (nSPS) is 16.2. The number of unbranched alkanes of at least 4 members (excludes halogenated alkanes) is 1. The first-order chi connectivity index (χ1) is 20.0. The Balaban J connectivity index is 1.27. The molecule has 1 saturated heterocycles. The highest BCUT2D eigenvalue weighted by molar-refractivity contribution is 6.35. The van der Waals surface area contributed by atoms with Crippen molar-refractivity contribution in [2.75, 3.05) is 11.9 Å². The van der Waals surface area contributed by atoms with Crippen LogP contribution >= 0.6 is 23.2 Å². The molecule has 222 valence electrons. The number of fused-ring (bicyclic) bond motifs is 2. The molecule has 2 aromatic carbocycles. The average molecular weight is 612 g/mol. The smallest absolute Gasteiger partial charge is 0.306 e. The number of esters is 1.